The predicted octanol–water partition coefficient (Wildman–Crippen LogP) is 4.82. The highest BCUT2D eigenvalue weighted by atomic mass is 35.5. The second-order valence-corrected chi connectivity index (χ2v) is 9.44. The van der Waals surface area contributed by atoms with Crippen molar-refractivity contribution in [3.05, 3.63) is 58.6 Å². The Labute approximate surface area is 173 Å². The van der Waals surface area contributed by atoms with Gasteiger partial charge in [-0.25, -0.2) is 17.2 Å². The number of nitrogens with zero attached hydrogens (tertiary/aromatic N) is 1. The molecule has 2 aromatic carbocycles. The number of sulfonamides is 1. The summed E-state index contributed by atoms with van der Waals surface area (Å²) in [5, 5.41) is 2.27. The third-order valence-electron chi connectivity index (χ3n) is 5.05. The molecule has 1 saturated heterocycles. The fourth-order valence-corrected chi connectivity index (χ4v) is 5.72. The van der Waals surface area contributed by atoms with Gasteiger partial charge in [0.25, 0.3) is 5.91 Å². The van der Waals surface area contributed by atoms with E-state index in [9.17, 15) is 22.0 Å². The van der Waals surface area contributed by atoms with Gasteiger partial charge in [0.2, 0.25) is 10.0 Å². The molecule has 0 bridgehead atoms. The van der Waals surface area contributed by atoms with Crippen molar-refractivity contribution in [1.29, 1.82) is 0 Å². The van der Waals surface area contributed by atoms with Gasteiger partial charge in [0, 0.05) is 17.8 Å². The Hall–Kier alpha value is -2.03. The lowest BCUT2D eigenvalue weighted by molar-refractivity contribution is 0.102. The normalized spacial score (nSPS) is 20.4. The van der Waals surface area contributed by atoms with Crippen LogP contribution in [0.3, 0.4) is 0 Å². The van der Waals surface area contributed by atoms with Gasteiger partial charge in [-0.05, 0) is 63.1 Å². The molecule has 1 heterocycles. The number of hydrogen-bond acceptors (Lipinski definition) is 3. The minimum atomic E-state index is -3.67. The van der Waals surface area contributed by atoms with Crippen LogP contribution in [0, 0.1) is 11.6 Å². The van der Waals surface area contributed by atoms with Crippen LogP contribution >= 0.6 is 11.6 Å². The maximum Gasteiger partial charge on any atom is 0.257 e. The number of rotatable bonds is 4. The van der Waals surface area contributed by atoms with Gasteiger partial charge in [0.1, 0.15) is 0 Å². The number of halogens is 3. The molecule has 9 heteroatoms. The highest BCUT2D eigenvalue weighted by molar-refractivity contribution is 7.89. The van der Waals surface area contributed by atoms with Crippen molar-refractivity contribution in [3.8, 4) is 0 Å². The van der Waals surface area contributed by atoms with Gasteiger partial charge >= 0.3 is 0 Å². The Morgan fingerprint density at radius 3 is 2.21 bits per heavy atom. The van der Waals surface area contributed by atoms with E-state index in [0.29, 0.717) is 11.8 Å². The van der Waals surface area contributed by atoms with Crippen LogP contribution in [-0.2, 0) is 10.0 Å². The summed E-state index contributed by atoms with van der Waals surface area (Å²) in [6.45, 7) is 3.79. The van der Waals surface area contributed by atoms with E-state index in [1.807, 2.05) is 13.8 Å². The first-order chi connectivity index (χ1) is 13.6. The lowest BCUT2D eigenvalue weighted by atomic mass is 10.0. The Morgan fingerprint density at radius 1 is 1.07 bits per heavy atom. The molecule has 0 aromatic heterocycles. The molecule has 0 radical (unpaired) electrons. The summed E-state index contributed by atoms with van der Waals surface area (Å²) in [6.07, 6.45) is 2.62. The summed E-state index contributed by atoms with van der Waals surface area (Å²) >= 11 is 5.81. The topological polar surface area (TPSA) is 66.5 Å². The molecule has 1 N–H and O–H groups in total. The van der Waals surface area contributed by atoms with Crippen molar-refractivity contribution in [2.75, 3.05) is 5.32 Å². The van der Waals surface area contributed by atoms with Gasteiger partial charge in [0.05, 0.1) is 15.5 Å². The van der Waals surface area contributed by atoms with Crippen LogP contribution in [0.1, 0.15) is 43.5 Å². The van der Waals surface area contributed by atoms with Crippen LogP contribution in [-0.4, -0.2) is 30.7 Å². The van der Waals surface area contributed by atoms with Gasteiger partial charge < -0.3 is 5.32 Å². The van der Waals surface area contributed by atoms with Crippen molar-refractivity contribution in [2.45, 2.75) is 50.1 Å². The van der Waals surface area contributed by atoms with E-state index < -0.39 is 27.6 Å². The summed E-state index contributed by atoms with van der Waals surface area (Å²) in [7, 11) is -3.67. The number of carbonyl (C=O) groups is 1. The summed E-state index contributed by atoms with van der Waals surface area (Å²) in [6, 6.07) is 6.97. The maximum atomic E-state index is 13.4. The zero-order valence-electron chi connectivity index (χ0n) is 16.0. The van der Waals surface area contributed by atoms with Crippen LogP contribution in [0.2, 0.25) is 5.02 Å². The van der Waals surface area contributed by atoms with Crippen LogP contribution in [0.4, 0.5) is 14.5 Å². The molecular weight excluding hydrogens is 422 g/mol. The first-order valence-corrected chi connectivity index (χ1v) is 11.0. The molecule has 1 aliphatic heterocycles. The molecule has 0 spiro atoms. The van der Waals surface area contributed by atoms with Crippen molar-refractivity contribution < 1.29 is 22.0 Å². The molecule has 156 valence electrons. The Kier molecular flexibility index (Phi) is 6.26. The summed E-state index contributed by atoms with van der Waals surface area (Å²) in [5.74, 6) is -3.07. The average molecular weight is 443 g/mol. The van der Waals surface area contributed by atoms with Gasteiger partial charge in [-0.3, -0.25) is 4.79 Å². The molecule has 3 rings (SSSR count). The molecule has 1 fully saturated rings. The zero-order valence-corrected chi connectivity index (χ0v) is 17.5. The Bertz CT molecular complexity index is 1020. The summed E-state index contributed by atoms with van der Waals surface area (Å²) in [5.41, 5.74) is 0.0766. The number of amides is 1. The van der Waals surface area contributed by atoms with E-state index in [0.717, 1.165) is 25.3 Å². The van der Waals surface area contributed by atoms with Crippen LogP contribution in [0.5, 0.6) is 0 Å². The lowest BCUT2D eigenvalue weighted by Crippen LogP contribution is -2.47. The van der Waals surface area contributed by atoms with E-state index in [1.54, 1.807) is 0 Å². The third kappa shape index (κ3) is 4.44. The van der Waals surface area contributed by atoms with Gasteiger partial charge in [0.15, 0.2) is 11.6 Å². The quantitative estimate of drug-likeness (QED) is 0.690. The first-order valence-electron chi connectivity index (χ1n) is 9.20. The number of benzene rings is 2. The SMILES string of the molecule is C[C@@H]1CCC[C@@H](C)N1S(=O)(=O)c1ccc(NC(=O)c2cc(F)c(F)cc2Cl)cc1. The van der Waals surface area contributed by atoms with Gasteiger partial charge in [-0.2, -0.15) is 4.31 Å². The van der Waals surface area contributed by atoms with Crippen molar-refractivity contribution in [2.24, 2.45) is 0 Å². The Balaban J connectivity index is 1.80. The highest BCUT2D eigenvalue weighted by Crippen LogP contribution is 2.30. The monoisotopic (exact) mass is 442 g/mol. The molecule has 1 aliphatic rings. The molecule has 0 unspecified atom stereocenters. The molecule has 0 saturated carbocycles. The molecule has 29 heavy (non-hydrogen) atoms. The lowest BCUT2D eigenvalue weighted by Gasteiger charge is -2.37. The van der Waals surface area contributed by atoms with Crippen molar-refractivity contribution >= 4 is 33.2 Å². The van der Waals surface area contributed by atoms with Gasteiger partial charge in [-0.15, -0.1) is 0 Å². The molecule has 0 aliphatic carbocycles. The van der Waals surface area contributed by atoms with Crippen molar-refractivity contribution in [3.63, 3.8) is 0 Å². The molecule has 5 nitrogen and oxygen atoms in total. The second-order valence-electron chi connectivity index (χ2n) is 7.19. The standard InChI is InChI=1S/C20H21ClF2N2O3S/c1-12-4-3-5-13(2)25(12)29(27,28)15-8-6-14(7-9-15)24-20(26)16-10-18(22)19(23)11-17(16)21/h6-13H,3-5H2,1-2H3,(H,24,26)/t12-,13-/m1/s1. The fraction of sp³-hybridized carbons (Fsp3) is 0.350. The Morgan fingerprint density at radius 2 is 1.62 bits per heavy atom. The zero-order chi connectivity index (χ0) is 21.3. The van der Waals surface area contributed by atoms with Crippen molar-refractivity contribution in [1.82, 2.24) is 4.31 Å². The number of nitrogens with one attached hydrogen (secondary N) is 1. The maximum absolute atomic E-state index is 13.4. The number of hydrogen-bond donors (Lipinski definition) is 1. The fourth-order valence-electron chi connectivity index (χ4n) is 3.60. The van der Waals surface area contributed by atoms with E-state index in [1.165, 1.54) is 28.6 Å². The number of anilines is 1. The minimum Gasteiger partial charge on any atom is -0.322 e. The first kappa shape index (κ1) is 21.7. The summed E-state index contributed by atoms with van der Waals surface area (Å²) < 4.78 is 54.1. The predicted molar refractivity (Wildman–Crippen MR) is 108 cm³/mol. The molecular formula is C20H21ClF2N2O3S. The molecule has 1 amide bonds. The summed E-state index contributed by atoms with van der Waals surface area (Å²) in [4.78, 5) is 12.4. The smallest absolute Gasteiger partial charge is 0.257 e. The number of piperidine rings is 1. The van der Waals surface area contributed by atoms with E-state index in [2.05, 4.69) is 5.32 Å². The van der Waals surface area contributed by atoms with Crippen LogP contribution in [0.25, 0.3) is 0 Å². The van der Waals surface area contributed by atoms with Crippen LogP contribution in [0.15, 0.2) is 41.3 Å². The largest absolute Gasteiger partial charge is 0.322 e. The number of carbonyl (C=O) groups excluding carboxylic acids is 1. The molecule has 2 atom stereocenters. The van der Waals surface area contributed by atoms with E-state index in [4.69, 9.17) is 11.6 Å². The third-order valence-corrected chi connectivity index (χ3v) is 7.51. The molecule has 2 aromatic rings. The van der Waals surface area contributed by atoms with E-state index in [-0.39, 0.29) is 27.6 Å². The average Bonchev–Trinajstić information content (AvgIpc) is 2.64. The second kappa shape index (κ2) is 8.38. The van der Waals surface area contributed by atoms with E-state index >= 15 is 0 Å². The van der Waals surface area contributed by atoms with Crippen LogP contribution < -0.4 is 5.32 Å². The minimum absolute atomic E-state index is 0.0846. The highest BCUT2D eigenvalue weighted by Gasteiger charge is 2.35. The van der Waals surface area contributed by atoms with Gasteiger partial charge in [-0.1, -0.05) is 18.0 Å².